The fraction of sp³-hybridized carbons (Fsp3) is 0.333. The zero-order valence-corrected chi connectivity index (χ0v) is 33.3. The first-order valence-corrected chi connectivity index (χ1v) is 19.5. The Bertz CT molecular complexity index is 2310. The highest BCUT2D eigenvalue weighted by Crippen LogP contribution is 2.29. The Hall–Kier alpha value is -5.78. The number of ether oxygens (including phenoxy) is 1. The number of methoxy groups -OCH3 is 1. The van der Waals surface area contributed by atoms with Crippen LogP contribution < -0.4 is 25.7 Å². The van der Waals surface area contributed by atoms with Gasteiger partial charge in [0.15, 0.2) is 0 Å². The summed E-state index contributed by atoms with van der Waals surface area (Å²) in [6.07, 6.45) is 0. The number of rotatable bonds is 9. The molecule has 4 aromatic carbocycles. The van der Waals surface area contributed by atoms with E-state index in [-0.39, 0.29) is 11.1 Å². The van der Waals surface area contributed by atoms with Crippen molar-refractivity contribution in [2.24, 2.45) is 14.1 Å². The van der Waals surface area contributed by atoms with Gasteiger partial charge in [0.2, 0.25) is 0 Å². The molecule has 6 aromatic rings. The van der Waals surface area contributed by atoms with Crippen molar-refractivity contribution in [3.05, 3.63) is 158 Å². The molecule has 0 N–H and O–H groups in total. The smallest absolute Gasteiger partial charge is 0.274 e. The summed E-state index contributed by atoms with van der Waals surface area (Å²) >= 11 is 0. The lowest BCUT2D eigenvalue weighted by Gasteiger charge is -2.36. The average Bonchev–Trinajstić information content (AvgIpc) is 3.59. The van der Waals surface area contributed by atoms with Crippen LogP contribution in [-0.2, 0) is 27.2 Å². The van der Waals surface area contributed by atoms with Crippen molar-refractivity contribution in [2.45, 2.75) is 26.9 Å². The highest BCUT2D eigenvalue weighted by molar-refractivity contribution is 5.58. The summed E-state index contributed by atoms with van der Waals surface area (Å²) in [4.78, 5) is 35.3. The minimum absolute atomic E-state index is 0.0568. The number of anilines is 2. The molecule has 4 heterocycles. The van der Waals surface area contributed by atoms with Gasteiger partial charge in [-0.3, -0.25) is 28.8 Å². The minimum atomic E-state index is 0.0568. The van der Waals surface area contributed by atoms with E-state index in [0.717, 1.165) is 111 Å². The maximum absolute atomic E-state index is 12.9. The van der Waals surface area contributed by atoms with Crippen molar-refractivity contribution in [3.8, 4) is 17.1 Å². The van der Waals surface area contributed by atoms with Crippen LogP contribution in [0.4, 0.5) is 11.4 Å². The molecule has 0 spiro atoms. The molecule has 2 fully saturated rings. The summed E-state index contributed by atoms with van der Waals surface area (Å²) in [6, 6.07) is 38.4. The summed E-state index contributed by atoms with van der Waals surface area (Å²) in [5.74, 6) is 0.916. The third-order valence-electron chi connectivity index (χ3n) is 11.3. The summed E-state index contributed by atoms with van der Waals surface area (Å²) in [5.41, 5.74) is 8.20. The fourth-order valence-corrected chi connectivity index (χ4v) is 7.99. The normalized spacial score (nSPS) is 15.1. The van der Waals surface area contributed by atoms with Gasteiger partial charge in [-0.1, -0.05) is 66.7 Å². The van der Waals surface area contributed by atoms with Crippen molar-refractivity contribution < 1.29 is 4.74 Å². The maximum Gasteiger partial charge on any atom is 0.274 e. The molecular weight excluding hydrogens is 701 g/mol. The molecule has 2 aliphatic rings. The van der Waals surface area contributed by atoms with Crippen LogP contribution in [0.5, 0.6) is 5.75 Å². The van der Waals surface area contributed by atoms with Gasteiger partial charge in [0.25, 0.3) is 11.1 Å². The van der Waals surface area contributed by atoms with E-state index < -0.39 is 0 Å². The largest absolute Gasteiger partial charge is 0.495 e. The van der Waals surface area contributed by atoms with Gasteiger partial charge in [-0.2, -0.15) is 0 Å². The topological polar surface area (TPSA) is 76.1 Å². The van der Waals surface area contributed by atoms with Crippen molar-refractivity contribution in [1.82, 2.24) is 28.5 Å². The molecule has 0 aliphatic carbocycles. The number of benzene rings is 4. The summed E-state index contributed by atoms with van der Waals surface area (Å²) in [7, 11) is 5.68. The molecular formula is C45H54N8O3. The molecule has 0 radical (unpaired) electrons. The molecule has 0 atom stereocenters. The van der Waals surface area contributed by atoms with Gasteiger partial charge in [-0.05, 0) is 62.4 Å². The first-order chi connectivity index (χ1) is 27.2. The Morgan fingerprint density at radius 3 is 1.29 bits per heavy atom. The lowest BCUT2D eigenvalue weighted by Crippen LogP contribution is -2.46. The number of nitrogens with zero attached hydrogens (tertiary/aromatic N) is 8. The minimum Gasteiger partial charge on any atom is -0.495 e. The van der Waals surface area contributed by atoms with Crippen molar-refractivity contribution >= 4 is 11.4 Å². The van der Waals surface area contributed by atoms with Crippen LogP contribution in [0, 0.1) is 13.8 Å². The molecule has 2 aliphatic heterocycles. The molecule has 2 saturated heterocycles. The maximum atomic E-state index is 12.9. The van der Waals surface area contributed by atoms with E-state index in [1.807, 2.05) is 110 Å². The molecule has 0 unspecified atom stereocenters. The zero-order chi connectivity index (χ0) is 39.2. The lowest BCUT2D eigenvalue weighted by atomic mass is 10.2. The third-order valence-corrected chi connectivity index (χ3v) is 11.3. The Balaban J connectivity index is 0.000000172. The first-order valence-electron chi connectivity index (χ1n) is 19.5. The summed E-state index contributed by atoms with van der Waals surface area (Å²) in [6.45, 7) is 13.2. The second kappa shape index (κ2) is 17.3. The van der Waals surface area contributed by atoms with Gasteiger partial charge in [-0.25, -0.2) is 9.36 Å². The van der Waals surface area contributed by atoms with Crippen LogP contribution in [-0.4, -0.2) is 88.0 Å². The number of piperazine rings is 2. The van der Waals surface area contributed by atoms with E-state index in [9.17, 15) is 9.59 Å². The van der Waals surface area contributed by atoms with Crippen LogP contribution in [0.3, 0.4) is 0 Å². The van der Waals surface area contributed by atoms with Gasteiger partial charge >= 0.3 is 0 Å². The van der Waals surface area contributed by atoms with E-state index in [0.29, 0.717) is 0 Å². The van der Waals surface area contributed by atoms with Gasteiger partial charge in [0, 0.05) is 96.4 Å². The van der Waals surface area contributed by atoms with E-state index in [4.69, 9.17) is 4.74 Å². The molecule has 2 aromatic heterocycles. The van der Waals surface area contributed by atoms with Crippen molar-refractivity contribution in [1.29, 1.82) is 0 Å². The van der Waals surface area contributed by atoms with Crippen molar-refractivity contribution in [3.63, 3.8) is 0 Å². The predicted molar refractivity (Wildman–Crippen MR) is 226 cm³/mol. The number of aromatic nitrogens is 4. The van der Waals surface area contributed by atoms with Crippen LogP contribution in [0.15, 0.2) is 125 Å². The van der Waals surface area contributed by atoms with E-state index in [1.54, 1.807) is 16.5 Å². The molecule has 56 heavy (non-hydrogen) atoms. The lowest BCUT2D eigenvalue weighted by molar-refractivity contribution is 0.242. The Labute approximate surface area is 329 Å². The first kappa shape index (κ1) is 38.5. The standard InChI is InChI=1S/C23H28N4O2.C22H26N4O/c1-18-21(24(2)27(23(18)28)19-9-5-4-6-10-19)17-25-13-15-26(16-14-25)20-11-7-8-12-22(20)29-3;1-18-21(23(2)26(22(18)27)20-11-7-4-8-12-20)17-24-13-15-25(16-14-24)19-9-5-3-6-10-19/h4-12H,13-17H2,1-3H3;3-12H,13-17H2,1-2H3. The van der Waals surface area contributed by atoms with Gasteiger partial charge in [-0.15, -0.1) is 0 Å². The molecule has 292 valence electrons. The molecule has 11 nitrogen and oxygen atoms in total. The van der Waals surface area contributed by atoms with Gasteiger partial charge in [0.1, 0.15) is 5.75 Å². The number of para-hydroxylation sites is 5. The second-order valence-electron chi connectivity index (χ2n) is 14.6. The van der Waals surface area contributed by atoms with E-state index in [2.05, 4.69) is 62.1 Å². The van der Waals surface area contributed by atoms with Crippen LogP contribution in [0.1, 0.15) is 22.5 Å². The molecule has 8 rings (SSSR count). The Kier molecular flexibility index (Phi) is 11.9. The predicted octanol–water partition coefficient (Wildman–Crippen LogP) is 5.62. The van der Waals surface area contributed by atoms with Crippen LogP contribution >= 0.6 is 0 Å². The monoisotopic (exact) mass is 754 g/mol. The third kappa shape index (κ3) is 8.10. The van der Waals surface area contributed by atoms with Crippen molar-refractivity contribution in [2.75, 3.05) is 69.3 Å². The SMILES string of the molecule is COc1ccccc1N1CCN(Cc2c(C)c(=O)n(-c3ccccc3)n2C)CC1.Cc1c(CN2CCN(c3ccccc3)CC2)n(C)n(-c2ccccc2)c1=O. The van der Waals surface area contributed by atoms with Crippen LogP contribution in [0.25, 0.3) is 11.4 Å². The van der Waals surface area contributed by atoms with E-state index in [1.165, 1.54) is 5.69 Å². The van der Waals surface area contributed by atoms with E-state index >= 15 is 0 Å². The van der Waals surface area contributed by atoms with Gasteiger partial charge in [0.05, 0.1) is 35.6 Å². The summed E-state index contributed by atoms with van der Waals surface area (Å²) < 4.78 is 13.1. The highest BCUT2D eigenvalue weighted by atomic mass is 16.5. The fourth-order valence-electron chi connectivity index (χ4n) is 7.99. The number of hydrogen-bond acceptors (Lipinski definition) is 7. The average molecular weight is 755 g/mol. The quantitative estimate of drug-likeness (QED) is 0.190. The van der Waals surface area contributed by atoms with Crippen LogP contribution in [0.2, 0.25) is 0 Å². The number of hydrogen-bond donors (Lipinski definition) is 0. The van der Waals surface area contributed by atoms with Gasteiger partial charge < -0.3 is 14.5 Å². The molecule has 11 heteroatoms. The molecule has 0 amide bonds. The zero-order valence-electron chi connectivity index (χ0n) is 33.3. The second-order valence-corrected chi connectivity index (χ2v) is 14.6. The Morgan fingerprint density at radius 2 is 0.857 bits per heavy atom. The summed E-state index contributed by atoms with van der Waals surface area (Å²) in [5, 5.41) is 0. The highest BCUT2D eigenvalue weighted by Gasteiger charge is 2.24. The Morgan fingerprint density at radius 1 is 0.482 bits per heavy atom. The molecule has 0 saturated carbocycles. The molecule has 0 bridgehead atoms.